The molecular weight excluding hydrogens is 252 g/mol. The summed E-state index contributed by atoms with van der Waals surface area (Å²) in [6.45, 7) is 0. The average molecular weight is 264 g/mol. The van der Waals surface area contributed by atoms with Gasteiger partial charge in [-0.3, -0.25) is 10.1 Å². The number of amides is 1. The molecule has 7 heteroatoms. The van der Waals surface area contributed by atoms with Gasteiger partial charge in [-0.1, -0.05) is 22.9 Å². The molecule has 1 aliphatic carbocycles. The van der Waals surface area contributed by atoms with Crippen molar-refractivity contribution in [3.05, 3.63) is 22.5 Å². The van der Waals surface area contributed by atoms with Crippen LogP contribution in [0.15, 0.2) is 10.0 Å². The van der Waals surface area contributed by atoms with Gasteiger partial charge >= 0.3 is 0 Å². The molecular formula is C11H12N4O2S. The third-order valence-corrected chi connectivity index (χ3v) is 3.60. The van der Waals surface area contributed by atoms with E-state index in [0.29, 0.717) is 10.8 Å². The number of hydrogen-bond acceptors (Lipinski definition) is 6. The SMILES string of the molecule is O=C(Nc1nncs1)c1noc2c1CCCCC2. The van der Waals surface area contributed by atoms with E-state index in [1.54, 1.807) is 5.51 Å². The zero-order valence-electron chi connectivity index (χ0n) is 9.68. The van der Waals surface area contributed by atoms with Gasteiger partial charge in [-0.05, 0) is 19.3 Å². The highest BCUT2D eigenvalue weighted by Gasteiger charge is 2.23. The summed E-state index contributed by atoms with van der Waals surface area (Å²) in [6, 6.07) is 0. The summed E-state index contributed by atoms with van der Waals surface area (Å²) in [5.41, 5.74) is 2.91. The van der Waals surface area contributed by atoms with Gasteiger partial charge in [0.05, 0.1) is 0 Å². The number of nitrogens with one attached hydrogen (secondary N) is 1. The summed E-state index contributed by atoms with van der Waals surface area (Å²) in [6.07, 6.45) is 5.07. The highest BCUT2D eigenvalue weighted by atomic mass is 32.1. The zero-order chi connectivity index (χ0) is 12.4. The third kappa shape index (κ3) is 2.13. The monoisotopic (exact) mass is 264 g/mol. The molecule has 3 rings (SSSR count). The van der Waals surface area contributed by atoms with E-state index >= 15 is 0 Å². The number of anilines is 1. The van der Waals surface area contributed by atoms with Gasteiger partial charge < -0.3 is 4.52 Å². The van der Waals surface area contributed by atoms with E-state index in [1.165, 1.54) is 17.8 Å². The lowest BCUT2D eigenvalue weighted by Gasteiger charge is -2.00. The minimum Gasteiger partial charge on any atom is -0.360 e. The standard InChI is InChI=1S/C11H12N4O2S/c16-10(13-11-14-12-6-18-11)9-7-4-2-1-3-5-8(7)17-15-9/h6H,1-5H2,(H,13,14,16). The van der Waals surface area contributed by atoms with Gasteiger partial charge in [0, 0.05) is 12.0 Å². The number of rotatable bonds is 2. The van der Waals surface area contributed by atoms with Crippen LogP contribution in [0.4, 0.5) is 5.13 Å². The van der Waals surface area contributed by atoms with Gasteiger partial charge in [-0.2, -0.15) is 0 Å². The van der Waals surface area contributed by atoms with Crippen molar-refractivity contribution < 1.29 is 9.32 Å². The smallest absolute Gasteiger partial charge is 0.279 e. The fourth-order valence-corrected chi connectivity index (χ4v) is 2.56. The van der Waals surface area contributed by atoms with Crippen LogP contribution in [0.1, 0.15) is 41.1 Å². The molecule has 6 nitrogen and oxygen atoms in total. The second kappa shape index (κ2) is 4.85. The lowest BCUT2D eigenvalue weighted by Crippen LogP contribution is -2.14. The van der Waals surface area contributed by atoms with Crippen molar-refractivity contribution in [2.75, 3.05) is 5.32 Å². The molecule has 0 aliphatic heterocycles. The molecule has 0 radical (unpaired) electrons. The van der Waals surface area contributed by atoms with Crippen molar-refractivity contribution in [2.24, 2.45) is 0 Å². The number of nitrogens with zero attached hydrogens (tertiary/aromatic N) is 3. The predicted octanol–water partition coefficient (Wildman–Crippen LogP) is 2.05. The largest absolute Gasteiger partial charge is 0.360 e. The Morgan fingerprint density at radius 2 is 2.22 bits per heavy atom. The van der Waals surface area contributed by atoms with Crippen LogP contribution in [-0.2, 0) is 12.8 Å². The Hall–Kier alpha value is -1.76. The van der Waals surface area contributed by atoms with E-state index in [1.807, 2.05) is 0 Å². The van der Waals surface area contributed by atoms with E-state index in [0.717, 1.165) is 37.0 Å². The highest BCUT2D eigenvalue weighted by molar-refractivity contribution is 7.13. The first-order valence-electron chi connectivity index (χ1n) is 5.89. The zero-order valence-corrected chi connectivity index (χ0v) is 10.5. The number of carbonyl (C=O) groups is 1. The summed E-state index contributed by atoms with van der Waals surface area (Å²) in [5.74, 6) is 0.591. The van der Waals surface area contributed by atoms with Gasteiger partial charge in [0.2, 0.25) is 5.13 Å². The molecule has 0 fully saturated rings. The van der Waals surface area contributed by atoms with Crippen molar-refractivity contribution in [1.82, 2.24) is 15.4 Å². The molecule has 0 unspecified atom stereocenters. The maximum Gasteiger partial charge on any atom is 0.279 e. The first kappa shape index (κ1) is 11.3. The number of aryl methyl sites for hydroxylation is 1. The summed E-state index contributed by atoms with van der Waals surface area (Å²) in [7, 11) is 0. The van der Waals surface area contributed by atoms with Crippen molar-refractivity contribution in [3.8, 4) is 0 Å². The Kier molecular flexibility index (Phi) is 3.06. The summed E-state index contributed by atoms with van der Waals surface area (Å²) >= 11 is 1.28. The van der Waals surface area contributed by atoms with Crippen molar-refractivity contribution >= 4 is 22.4 Å². The maximum absolute atomic E-state index is 12.1. The quantitative estimate of drug-likeness (QED) is 0.839. The Bertz CT molecular complexity index is 549. The number of hydrogen-bond donors (Lipinski definition) is 1. The molecule has 1 amide bonds. The van der Waals surface area contributed by atoms with Gasteiger partial charge in [-0.25, -0.2) is 0 Å². The van der Waals surface area contributed by atoms with Crippen molar-refractivity contribution in [2.45, 2.75) is 32.1 Å². The van der Waals surface area contributed by atoms with Gasteiger partial charge in [0.15, 0.2) is 5.69 Å². The van der Waals surface area contributed by atoms with Crippen LogP contribution in [0, 0.1) is 0 Å². The fourth-order valence-electron chi connectivity index (χ4n) is 2.12. The van der Waals surface area contributed by atoms with Crippen LogP contribution in [-0.4, -0.2) is 21.3 Å². The Morgan fingerprint density at radius 1 is 1.33 bits per heavy atom. The summed E-state index contributed by atoms with van der Waals surface area (Å²) in [5, 5.41) is 14.5. The van der Waals surface area contributed by atoms with Gasteiger partial charge in [0.25, 0.3) is 5.91 Å². The lowest BCUT2D eigenvalue weighted by atomic mass is 10.1. The number of aromatic nitrogens is 3. The normalized spacial score (nSPS) is 14.9. The molecule has 0 saturated heterocycles. The molecule has 1 N–H and O–H groups in total. The first-order valence-corrected chi connectivity index (χ1v) is 6.77. The minimum absolute atomic E-state index is 0.265. The van der Waals surface area contributed by atoms with E-state index in [-0.39, 0.29) is 5.91 Å². The molecule has 1 aliphatic rings. The molecule has 2 aromatic rings. The third-order valence-electron chi connectivity index (χ3n) is 3.00. The fraction of sp³-hybridized carbons (Fsp3) is 0.455. The highest BCUT2D eigenvalue weighted by Crippen LogP contribution is 2.24. The second-order valence-electron chi connectivity index (χ2n) is 4.19. The van der Waals surface area contributed by atoms with E-state index in [9.17, 15) is 4.79 Å². The van der Waals surface area contributed by atoms with Crippen LogP contribution >= 0.6 is 11.3 Å². The minimum atomic E-state index is -0.265. The molecule has 0 saturated carbocycles. The Balaban J connectivity index is 1.83. The van der Waals surface area contributed by atoms with Crippen LogP contribution in [0.3, 0.4) is 0 Å². The predicted molar refractivity (Wildman–Crippen MR) is 65.6 cm³/mol. The van der Waals surface area contributed by atoms with Crippen molar-refractivity contribution in [3.63, 3.8) is 0 Å². The van der Waals surface area contributed by atoms with E-state index < -0.39 is 0 Å². The Morgan fingerprint density at radius 3 is 3.06 bits per heavy atom. The van der Waals surface area contributed by atoms with Gasteiger partial charge in [0.1, 0.15) is 11.3 Å². The molecule has 0 bridgehead atoms. The maximum atomic E-state index is 12.1. The lowest BCUT2D eigenvalue weighted by molar-refractivity contribution is 0.101. The molecule has 94 valence electrons. The van der Waals surface area contributed by atoms with Crippen LogP contribution in [0.5, 0.6) is 0 Å². The van der Waals surface area contributed by atoms with Crippen molar-refractivity contribution in [1.29, 1.82) is 0 Å². The molecule has 18 heavy (non-hydrogen) atoms. The Labute approximate surface area is 107 Å². The van der Waals surface area contributed by atoms with E-state index in [4.69, 9.17) is 4.52 Å². The number of fused-ring (bicyclic) bond motifs is 1. The van der Waals surface area contributed by atoms with Crippen LogP contribution in [0.2, 0.25) is 0 Å². The van der Waals surface area contributed by atoms with E-state index in [2.05, 4.69) is 20.7 Å². The molecule has 0 spiro atoms. The molecule has 0 atom stereocenters. The van der Waals surface area contributed by atoms with Gasteiger partial charge in [-0.15, -0.1) is 10.2 Å². The number of carbonyl (C=O) groups excluding carboxylic acids is 1. The first-order chi connectivity index (χ1) is 8.84. The summed E-state index contributed by atoms with van der Waals surface area (Å²) < 4.78 is 5.26. The molecule has 0 aromatic carbocycles. The van der Waals surface area contributed by atoms with Crippen LogP contribution in [0.25, 0.3) is 0 Å². The second-order valence-corrected chi connectivity index (χ2v) is 5.02. The molecule has 2 aromatic heterocycles. The van der Waals surface area contributed by atoms with Crippen LogP contribution < -0.4 is 5.32 Å². The molecule has 2 heterocycles. The average Bonchev–Trinajstić information content (AvgIpc) is 2.95. The summed E-state index contributed by atoms with van der Waals surface area (Å²) in [4.78, 5) is 12.1. The topological polar surface area (TPSA) is 80.9 Å².